The van der Waals surface area contributed by atoms with E-state index >= 15 is 0 Å². The molecule has 1 aromatic heterocycles. The van der Waals surface area contributed by atoms with Gasteiger partial charge in [0.05, 0.1) is 26.3 Å². The molecule has 0 spiro atoms. The molecule has 0 aliphatic rings. The topological polar surface area (TPSA) is 70.1 Å². The quantitative estimate of drug-likeness (QED) is 0.852. The number of hydrogen-bond donors (Lipinski definition) is 1. The van der Waals surface area contributed by atoms with Gasteiger partial charge in [-0.1, -0.05) is 24.3 Å². The van der Waals surface area contributed by atoms with Crippen LogP contribution in [0.15, 0.2) is 36.7 Å². The lowest BCUT2D eigenvalue weighted by Gasteiger charge is -2.03. The van der Waals surface area contributed by atoms with E-state index in [9.17, 15) is 4.79 Å². The van der Waals surface area contributed by atoms with E-state index in [1.807, 2.05) is 35.1 Å². The smallest absolute Gasteiger partial charge is 0.309 e. The van der Waals surface area contributed by atoms with Crippen LogP contribution in [-0.2, 0) is 22.5 Å². The van der Waals surface area contributed by atoms with Crippen molar-refractivity contribution in [3.8, 4) is 11.1 Å². The van der Waals surface area contributed by atoms with Crippen molar-refractivity contribution in [2.75, 3.05) is 13.7 Å². The first-order chi connectivity index (χ1) is 9.22. The number of methoxy groups -OCH3 is 1. The zero-order valence-corrected chi connectivity index (χ0v) is 12.1. The summed E-state index contributed by atoms with van der Waals surface area (Å²) >= 11 is 0. The molecular weight excluding hydrogens is 278 g/mol. The lowest BCUT2D eigenvalue weighted by atomic mass is 10.0. The number of benzene rings is 1. The molecule has 2 N–H and O–H groups in total. The molecule has 0 fully saturated rings. The van der Waals surface area contributed by atoms with Crippen LogP contribution in [0.5, 0.6) is 0 Å². The summed E-state index contributed by atoms with van der Waals surface area (Å²) in [5.41, 5.74) is 8.46. The van der Waals surface area contributed by atoms with Crippen LogP contribution in [0.4, 0.5) is 0 Å². The first-order valence-electron chi connectivity index (χ1n) is 6.11. The first kappa shape index (κ1) is 16.2. The molecule has 20 heavy (non-hydrogen) atoms. The average molecular weight is 296 g/mol. The van der Waals surface area contributed by atoms with E-state index in [4.69, 9.17) is 5.73 Å². The minimum Gasteiger partial charge on any atom is -0.469 e. The predicted octanol–water partition coefficient (Wildman–Crippen LogP) is 1.65. The largest absolute Gasteiger partial charge is 0.469 e. The lowest BCUT2D eigenvalue weighted by Crippen LogP contribution is -2.09. The summed E-state index contributed by atoms with van der Waals surface area (Å²) in [6, 6.07) is 7.80. The van der Waals surface area contributed by atoms with Gasteiger partial charge >= 0.3 is 5.97 Å². The Balaban J connectivity index is 0.00000200. The van der Waals surface area contributed by atoms with Gasteiger partial charge in [0.15, 0.2) is 0 Å². The fourth-order valence-electron chi connectivity index (χ4n) is 1.87. The zero-order valence-electron chi connectivity index (χ0n) is 11.3. The van der Waals surface area contributed by atoms with Gasteiger partial charge in [-0.2, -0.15) is 5.10 Å². The Morgan fingerprint density at radius 2 is 2.20 bits per heavy atom. The highest BCUT2D eigenvalue weighted by molar-refractivity contribution is 5.85. The van der Waals surface area contributed by atoms with Crippen LogP contribution in [0, 0.1) is 0 Å². The lowest BCUT2D eigenvalue weighted by molar-refractivity contribution is -0.139. The van der Waals surface area contributed by atoms with Crippen molar-refractivity contribution in [3.05, 3.63) is 42.2 Å². The summed E-state index contributed by atoms with van der Waals surface area (Å²) in [6.07, 6.45) is 4.03. The molecular formula is C14H18ClN3O2. The second kappa shape index (κ2) is 7.67. The van der Waals surface area contributed by atoms with Crippen LogP contribution in [-0.4, -0.2) is 29.4 Å². The van der Waals surface area contributed by atoms with Crippen molar-refractivity contribution in [1.82, 2.24) is 9.78 Å². The number of rotatable bonds is 5. The van der Waals surface area contributed by atoms with Gasteiger partial charge in [0.1, 0.15) is 0 Å². The summed E-state index contributed by atoms with van der Waals surface area (Å²) in [4.78, 5) is 11.3. The van der Waals surface area contributed by atoms with Crippen molar-refractivity contribution < 1.29 is 9.53 Å². The Kier molecular flexibility index (Phi) is 6.21. The summed E-state index contributed by atoms with van der Waals surface area (Å²) in [5, 5.41) is 4.23. The summed E-state index contributed by atoms with van der Waals surface area (Å²) in [6.45, 7) is 1.26. The minimum absolute atomic E-state index is 0. The predicted molar refractivity (Wildman–Crippen MR) is 79.7 cm³/mol. The molecule has 6 heteroatoms. The fourth-order valence-corrected chi connectivity index (χ4v) is 1.87. The fraction of sp³-hybridized carbons (Fsp3) is 0.286. The van der Waals surface area contributed by atoms with Crippen molar-refractivity contribution in [3.63, 3.8) is 0 Å². The molecule has 0 radical (unpaired) electrons. The minimum atomic E-state index is -0.240. The number of esters is 1. The maximum Gasteiger partial charge on any atom is 0.309 e. The van der Waals surface area contributed by atoms with Gasteiger partial charge in [-0.15, -0.1) is 12.4 Å². The molecule has 0 bridgehead atoms. The maximum absolute atomic E-state index is 11.3. The molecule has 0 atom stereocenters. The Morgan fingerprint density at radius 1 is 1.40 bits per heavy atom. The Hall–Kier alpha value is -1.85. The third kappa shape index (κ3) is 4.08. The molecule has 0 aliphatic heterocycles. The van der Waals surface area contributed by atoms with Gasteiger partial charge in [-0.3, -0.25) is 9.48 Å². The molecule has 0 saturated heterocycles. The van der Waals surface area contributed by atoms with Crippen LogP contribution < -0.4 is 5.73 Å². The summed E-state index contributed by atoms with van der Waals surface area (Å²) in [7, 11) is 1.39. The number of nitrogens with two attached hydrogens (primary N) is 1. The Labute approximate surface area is 124 Å². The second-order valence-electron chi connectivity index (χ2n) is 4.23. The monoisotopic (exact) mass is 295 g/mol. The third-order valence-corrected chi connectivity index (χ3v) is 2.83. The molecule has 1 heterocycles. The van der Waals surface area contributed by atoms with Crippen molar-refractivity contribution >= 4 is 18.4 Å². The molecule has 0 saturated carbocycles. The van der Waals surface area contributed by atoms with Crippen LogP contribution in [0.25, 0.3) is 11.1 Å². The van der Waals surface area contributed by atoms with Gasteiger partial charge in [0.25, 0.3) is 0 Å². The van der Waals surface area contributed by atoms with Crippen LogP contribution in [0.3, 0.4) is 0 Å². The van der Waals surface area contributed by atoms with E-state index in [0.29, 0.717) is 13.1 Å². The van der Waals surface area contributed by atoms with Crippen molar-refractivity contribution in [2.45, 2.75) is 13.0 Å². The molecule has 108 valence electrons. The number of ether oxygens (including phenoxy) is 1. The number of carbonyl (C=O) groups is 1. The summed E-state index contributed by atoms with van der Waals surface area (Å²) < 4.78 is 6.47. The highest BCUT2D eigenvalue weighted by atomic mass is 35.5. The van der Waals surface area contributed by atoms with Crippen LogP contribution in [0.2, 0.25) is 0 Å². The second-order valence-corrected chi connectivity index (χ2v) is 4.23. The highest BCUT2D eigenvalue weighted by Crippen LogP contribution is 2.20. The number of aromatic nitrogens is 2. The first-order valence-corrected chi connectivity index (χ1v) is 6.11. The molecule has 0 aliphatic carbocycles. The molecule has 2 aromatic rings. The Morgan fingerprint density at radius 3 is 2.90 bits per heavy atom. The Bertz CT molecular complexity index is 569. The van der Waals surface area contributed by atoms with Crippen LogP contribution >= 0.6 is 12.4 Å². The van der Waals surface area contributed by atoms with E-state index in [1.165, 1.54) is 7.11 Å². The maximum atomic E-state index is 11.3. The zero-order chi connectivity index (χ0) is 13.7. The van der Waals surface area contributed by atoms with E-state index in [0.717, 1.165) is 16.7 Å². The number of hydrogen-bond acceptors (Lipinski definition) is 4. The number of carbonyl (C=O) groups excluding carboxylic acids is 1. The number of halogens is 1. The van der Waals surface area contributed by atoms with Gasteiger partial charge in [-0.25, -0.2) is 0 Å². The molecule has 0 amide bonds. The van der Waals surface area contributed by atoms with Crippen molar-refractivity contribution in [2.24, 2.45) is 5.73 Å². The summed E-state index contributed by atoms with van der Waals surface area (Å²) in [5.74, 6) is -0.240. The van der Waals surface area contributed by atoms with Gasteiger partial charge < -0.3 is 10.5 Å². The van der Waals surface area contributed by atoms with Gasteiger partial charge in [-0.05, 0) is 11.1 Å². The average Bonchev–Trinajstić information content (AvgIpc) is 2.88. The molecule has 2 rings (SSSR count). The molecule has 0 unspecified atom stereocenters. The normalized spacial score (nSPS) is 9.90. The molecule has 1 aromatic carbocycles. The van der Waals surface area contributed by atoms with E-state index in [1.54, 1.807) is 6.20 Å². The molecule has 5 nitrogen and oxygen atoms in total. The van der Waals surface area contributed by atoms with Crippen LogP contribution in [0.1, 0.15) is 5.56 Å². The SMILES string of the molecule is COC(=O)Cc1cccc(-c2cnn(CCN)c2)c1.Cl. The van der Waals surface area contributed by atoms with E-state index in [-0.39, 0.29) is 24.8 Å². The van der Waals surface area contributed by atoms with Gasteiger partial charge in [0.2, 0.25) is 0 Å². The number of nitrogens with zero attached hydrogens (tertiary/aromatic N) is 2. The highest BCUT2D eigenvalue weighted by Gasteiger charge is 2.06. The standard InChI is InChI=1S/C14H17N3O2.ClH/c1-19-14(18)8-11-3-2-4-12(7-11)13-9-16-17(10-13)6-5-15;/h2-4,7,9-10H,5-6,8,15H2,1H3;1H. The van der Waals surface area contributed by atoms with E-state index in [2.05, 4.69) is 9.84 Å². The van der Waals surface area contributed by atoms with Gasteiger partial charge in [0, 0.05) is 18.3 Å². The third-order valence-electron chi connectivity index (χ3n) is 2.83. The van der Waals surface area contributed by atoms with E-state index < -0.39 is 0 Å². The van der Waals surface area contributed by atoms with Crippen molar-refractivity contribution in [1.29, 1.82) is 0 Å².